The molecule has 2 aliphatic rings. The lowest BCUT2D eigenvalue weighted by atomic mass is 9.86. The number of aromatic nitrogens is 4. The van der Waals surface area contributed by atoms with Crippen molar-refractivity contribution in [3.63, 3.8) is 0 Å². The van der Waals surface area contributed by atoms with Gasteiger partial charge in [-0.3, -0.25) is 14.6 Å². The number of nitrogen functional groups attached to an aromatic ring is 1. The molecule has 0 bridgehead atoms. The molecule has 2 amide bonds. The predicted molar refractivity (Wildman–Crippen MR) is 132 cm³/mol. The van der Waals surface area contributed by atoms with E-state index in [1.165, 1.54) is 4.90 Å². The molecule has 3 N–H and O–H groups in total. The maximum absolute atomic E-state index is 15.0. The van der Waals surface area contributed by atoms with Gasteiger partial charge in [-0.2, -0.15) is 18.3 Å². The number of pyridine rings is 1. The Hall–Kier alpha value is -4.11. The van der Waals surface area contributed by atoms with E-state index in [9.17, 15) is 35.9 Å². The van der Waals surface area contributed by atoms with E-state index in [0.29, 0.717) is 0 Å². The molecule has 1 aliphatic carbocycles. The van der Waals surface area contributed by atoms with Crippen LogP contribution in [0, 0.1) is 5.92 Å². The van der Waals surface area contributed by atoms with E-state index < -0.39 is 83.5 Å². The van der Waals surface area contributed by atoms with E-state index in [2.05, 4.69) is 20.4 Å². The third-order valence-electron chi connectivity index (χ3n) is 7.38. The Morgan fingerprint density at radius 1 is 1.24 bits per heavy atom. The summed E-state index contributed by atoms with van der Waals surface area (Å²) >= 11 is 0. The van der Waals surface area contributed by atoms with Gasteiger partial charge in [0.25, 0.3) is 5.91 Å². The molecule has 1 aliphatic heterocycles. The minimum atomic E-state index is -4.85. The number of alkyl halides is 6. The normalized spacial score (nSPS) is 21.6. The van der Waals surface area contributed by atoms with Crippen LogP contribution in [0.4, 0.5) is 32.2 Å². The number of carbonyl (C=O) groups excluding carboxylic acids is 2. The molecule has 0 aromatic carbocycles. The van der Waals surface area contributed by atoms with E-state index in [0.717, 1.165) is 30.2 Å². The molecular formula is C25H25F6N7O3. The topological polar surface area (TPSA) is 128 Å². The average Bonchev–Trinajstić information content (AvgIpc) is 3.49. The number of nitrogens with one attached hydrogen (secondary N) is 1. The Morgan fingerprint density at radius 2 is 1.95 bits per heavy atom. The van der Waals surface area contributed by atoms with Gasteiger partial charge >= 0.3 is 6.18 Å². The van der Waals surface area contributed by atoms with Gasteiger partial charge in [0.15, 0.2) is 5.82 Å². The molecule has 1 saturated carbocycles. The number of amides is 2. The Balaban J connectivity index is 1.43. The van der Waals surface area contributed by atoms with Crippen molar-refractivity contribution in [2.75, 3.05) is 25.9 Å². The summed E-state index contributed by atoms with van der Waals surface area (Å²) < 4.78 is 97.8. The molecule has 220 valence electrons. The van der Waals surface area contributed by atoms with Gasteiger partial charge < -0.3 is 20.7 Å². The molecular weight excluding hydrogens is 560 g/mol. The molecule has 0 radical (unpaired) electrons. The molecule has 2 atom stereocenters. The van der Waals surface area contributed by atoms with E-state index >= 15 is 0 Å². The molecule has 2 fully saturated rings. The van der Waals surface area contributed by atoms with Crippen LogP contribution in [0.15, 0.2) is 24.8 Å². The molecule has 3 aromatic rings. The summed E-state index contributed by atoms with van der Waals surface area (Å²) in [7, 11) is 1.13. The van der Waals surface area contributed by atoms with Gasteiger partial charge in [-0.25, -0.2) is 22.7 Å². The summed E-state index contributed by atoms with van der Waals surface area (Å²) in [5.41, 5.74) is 3.15. The maximum Gasteiger partial charge on any atom is 0.418 e. The van der Waals surface area contributed by atoms with Crippen LogP contribution in [0.3, 0.4) is 0 Å². The molecule has 16 heteroatoms. The zero-order valence-corrected chi connectivity index (χ0v) is 21.5. The standard InChI is InChI=1S/C25H25F6N7O3/c1-41-20-13(18-6-15(25(29,30)31)19-21(32)34-11-35-38(18)19)7-33-8-14(20)22(39)36-17-10-37(9-16(17)26)23(40)12-2-4-24(27,28)5-3-12/h6-8,11-12,16-17H,2-5,9-10H2,1H3,(H,36,39)(H2,32,34,35)/t16-,17+/m0/s1/i8D. The number of likely N-dealkylation sites (tertiary alicyclic amines) is 1. The number of rotatable bonds is 5. The Morgan fingerprint density at radius 3 is 2.61 bits per heavy atom. The Bertz CT molecular complexity index is 1540. The van der Waals surface area contributed by atoms with E-state index in [1.54, 1.807) is 0 Å². The fourth-order valence-corrected chi connectivity index (χ4v) is 5.30. The quantitative estimate of drug-likeness (QED) is 0.438. The van der Waals surface area contributed by atoms with Gasteiger partial charge in [0.2, 0.25) is 11.8 Å². The van der Waals surface area contributed by atoms with Crippen molar-refractivity contribution in [1.29, 1.82) is 0 Å². The number of fused-ring (bicyclic) bond motifs is 1. The second-order valence-electron chi connectivity index (χ2n) is 10.0. The molecule has 4 heterocycles. The van der Waals surface area contributed by atoms with Crippen LogP contribution >= 0.6 is 0 Å². The lowest BCUT2D eigenvalue weighted by Crippen LogP contribution is -2.43. The van der Waals surface area contributed by atoms with Gasteiger partial charge in [0.1, 0.15) is 29.3 Å². The van der Waals surface area contributed by atoms with Crippen molar-refractivity contribution >= 4 is 23.1 Å². The van der Waals surface area contributed by atoms with E-state index in [1.807, 2.05) is 0 Å². The first-order valence-corrected chi connectivity index (χ1v) is 12.6. The summed E-state index contributed by atoms with van der Waals surface area (Å²) in [5.74, 6) is -5.80. The number of hydrogen-bond donors (Lipinski definition) is 2. The molecule has 0 spiro atoms. The zero-order chi connectivity index (χ0) is 30.6. The van der Waals surface area contributed by atoms with Crippen molar-refractivity contribution in [3.8, 4) is 17.0 Å². The monoisotopic (exact) mass is 586 g/mol. The molecule has 3 aromatic heterocycles. The third-order valence-corrected chi connectivity index (χ3v) is 7.38. The van der Waals surface area contributed by atoms with Crippen LogP contribution in [-0.4, -0.2) is 74.6 Å². The van der Waals surface area contributed by atoms with Gasteiger partial charge in [-0.15, -0.1) is 0 Å². The fraction of sp³-hybridized carbons (Fsp3) is 0.480. The van der Waals surface area contributed by atoms with Crippen LogP contribution in [0.25, 0.3) is 16.8 Å². The number of anilines is 1. The first-order valence-electron chi connectivity index (χ1n) is 13.1. The second-order valence-corrected chi connectivity index (χ2v) is 10.0. The summed E-state index contributed by atoms with van der Waals surface area (Å²) in [4.78, 5) is 34.8. The number of carbonyl (C=O) groups is 2. The summed E-state index contributed by atoms with van der Waals surface area (Å²) in [6.07, 6.45) is -6.14. The number of nitrogens with zero attached hydrogens (tertiary/aromatic N) is 5. The minimum Gasteiger partial charge on any atom is -0.495 e. The highest BCUT2D eigenvalue weighted by Crippen LogP contribution is 2.41. The van der Waals surface area contributed by atoms with Crippen molar-refractivity contribution in [2.24, 2.45) is 5.92 Å². The highest BCUT2D eigenvalue weighted by molar-refractivity contribution is 5.99. The first kappa shape index (κ1) is 27.1. The maximum atomic E-state index is 15.0. The van der Waals surface area contributed by atoms with Gasteiger partial charge in [0.05, 0.1) is 37.9 Å². The van der Waals surface area contributed by atoms with E-state index in [-0.39, 0.29) is 42.9 Å². The molecule has 5 rings (SSSR count). The van der Waals surface area contributed by atoms with Crippen molar-refractivity contribution in [3.05, 3.63) is 35.9 Å². The number of hydrogen-bond acceptors (Lipinski definition) is 7. The highest BCUT2D eigenvalue weighted by atomic mass is 19.4. The van der Waals surface area contributed by atoms with Crippen LogP contribution < -0.4 is 15.8 Å². The lowest BCUT2D eigenvalue weighted by molar-refractivity contribution is -0.139. The van der Waals surface area contributed by atoms with Gasteiger partial charge in [0, 0.05) is 37.7 Å². The van der Waals surface area contributed by atoms with E-state index in [4.69, 9.17) is 11.8 Å². The Labute approximate surface area is 230 Å². The lowest BCUT2D eigenvalue weighted by Gasteiger charge is -2.30. The average molecular weight is 587 g/mol. The molecule has 10 nitrogen and oxygen atoms in total. The molecule has 1 saturated heterocycles. The predicted octanol–water partition coefficient (Wildman–Crippen LogP) is 3.51. The van der Waals surface area contributed by atoms with Crippen LogP contribution in [0.5, 0.6) is 5.75 Å². The highest BCUT2D eigenvalue weighted by Gasteiger charge is 2.43. The first-order chi connectivity index (χ1) is 19.7. The van der Waals surface area contributed by atoms with Crippen LogP contribution in [0.2, 0.25) is 0 Å². The Kier molecular flexibility index (Phi) is 6.85. The summed E-state index contributed by atoms with van der Waals surface area (Å²) in [6.45, 7) is -0.604. The number of nitrogens with two attached hydrogens (primary N) is 1. The number of ether oxygens (including phenoxy) is 1. The van der Waals surface area contributed by atoms with Crippen LogP contribution in [-0.2, 0) is 11.0 Å². The summed E-state index contributed by atoms with van der Waals surface area (Å²) in [6, 6.07) is -0.484. The van der Waals surface area contributed by atoms with Gasteiger partial charge in [-0.05, 0) is 18.9 Å². The zero-order valence-electron chi connectivity index (χ0n) is 22.5. The molecule has 41 heavy (non-hydrogen) atoms. The SMILES string of the molecule is [2H]c1ncc(-c2cc(C(F)(F)F)c3c(N)ncnn23)c(OC)c1C(=O)N[C@@H]1CN(C(=O)C2CCC(F)(F)CC2)C[C@@H]1F. The molecule has 0 unspecified atom stereocenters. The van der Waals surface area contributed by atoms with Gasteiger partial charge in [-0.1, -0.05) is 0 Å². The third kappa shape index (κ3) is 5.34. The number of halogens is 6. The summed E-state index contributed by atoms with van der Waals surface area (Å²) in [5, 5.41) is 6.27. The number of methoxy groups -OCH3 is 1. The van der Waals surface area contributed by atoms with Crippen LogP contribution in [0.1, 0.15) is 43.0 Å². The minimum absolute atomic E-state index is 0.0325. The second kappa shape index (κ2) is 10.4. The largest absolute Gasteiger partial charge is 0.495 e. The smallest absolute Gasteiger partial charge is 0.418 e. The fourth-order valence-electron chi connectivity index (χ4n) is 5.30. The van der Waals surface area contributed by atoms with Crippen molar-refractivity contribution < 1.29 is 42.0 Å². The van der Waals surface area contributed by atoms with Crippen molar-refractivity contribution in [1.82, 2.24) is 29.8 Å². The van der Waals surface area contributed by atoms with Crippen molar-refractivity contribution in [2.45, 2.75) is 50.0 Å².